The highest BCUT2D eigenvalue weighted by atomic mass is 16.5. The number of hydrogen-bond acceptors (Lipinski definition) is 3. The molecule has 1 aromatic heterocycles. The smallest absolute Gasteiger partial charge is 0.0507 e. The van der Waals surface area contributed by atoms with Gasteiger partial charge in [0.15, 0.2) is 0 Å². The van der Waals surface area contributed by atoms with Gasteiger partial charge in [-0.3, -0.25) is 4.98 Å². The Bertz CT molecular complexity index is 348. The summed E-state index contributed by atoms with van der Waals surface area (Å²) < 4.78 is 5.40. The Balaban J connectivity index is 1.73. The normalized spacial score (nSPS) is 20.1. The number of rotatable bonds is 5. The van der Waals surface area contributed by atoms with Gasteiger partial charge in [-0.05, 0) is 38.4 Å². The first-order chi connectivity index (χ1) is 8.24. The van der Waals surface area contributed by atoms with Gasteiger partial charge in [-0.15, -0.1) is 0 Å². The zero-order valence-electron chi connectivity index (χ0n) is 10.9. The van der Waals surface area contributed by atoms with Crippen LogP contribution in [0.2, 0.25) is 0 Å². The molecule has 0 spiro atoms. The van der Waals surface area contributed by atoms with E-state index in [1.165, 1.54) is 12.1 Å². The van der Waals surface area contributed by atoms with Gasteiger partial charge in [0, 0.05) is 37.5 Å². The molecule has 3 nitrogen and oxygen atoms in total. The molecule has 0 aromatic carbocycles. The lowest BCUT2D eigenvalue weighted by atomic mass is 10.1. The third kappa shape index (κ3) is 4.10. The van der Waals surface area contributed by atoms with Crippen molar-refractivity contribution in [2.24, 2.45) is 5.92 Å². The van der Waals surface area contributed by atoms with Gasteiger partial charge < -0.3 is 9.64 Å². The van der Waals surface area contributed by atoms with E-state index in [-0.39, 0.29) is 0 Å². The van der Waals surface area contributed by atoms with E-state index in [2.05, 4.69) is 29.1 Å². The summed E-state index contributed by atoms with van der Waals surface area (Å²) in [6, 6.07) is 6.24. The van der Waals surface area contributed by atoms with Crippen molar-refractivity contribution in [3.63, 3.8) is 0 Å². The highest BCUT2D eigenvalue weighted by Crippen LogP contribution is 2.13. The second-order valence-corrected chi connectivity index (χ2v) is 5.01. The van der Waals surface area contributed by atoms with Crippen molar-refractivity contribution < 1.29 is 4.74 Å². The minimum Gasteiger partial charge on any atom is -0.381 e. The molecule has 0 aliphatic carbocycles. The van der Waals surface area contributed by atoms with E-state index >= 15 is 0 Å². The molecule has 0 unspecified atom stereocenters. The maximum absolute atomic E-state index is 5.40. The maximum atomic E-state index is 5.40. The SMILES string of the molecule is Cc1cccc(CCN(C)C[C@H]2CCOC2)n1. The molecule has 1 aliphatic heterocycles. The van der Waals surface area contributed by atoms with Crippen LogP contribution in [0.1, 0.15) is 17.8 Å². The Kier molecular flexibility index (Phi) is 4.51. The van der Waals surface area contributed by atoms with Crippen LogP contribution in [0.3, 0.4) is 0 Å². The fourth-order valence-corrected chi connectivity index (χ4v) is 2.30. The molecule has 1 aromatic rings. The summed E-state index contributed by atoms with van der Waals surface area (Å²) in [5.41, 5.74) is 2.30. The predicted molar refractivity (Wildman–Crippen MR) is 69.1 cm³/mol. The van der Waals surface area contributed by atoms with Crippen molar-refractivity contribution in [1.82, 2.24) is 9.88 Å². The van der Waals surface area contributed by atoms with Gasteiger partial charge in [0.2, 0.25) is 0 Å². The lowest BCUT2D eigenvalue weighted by Crippen LogP contribution is -2.28. The number of hydrogen-bond donors (Lipinski definition) is 0. The maximum Gasteiger partial charge on any atom is 0.0507 e. The van der Waals surface area contributed by atoms with Crippen molar-refractivity contribution >= 4 is 0 Å². The zero-order valence-corrected chi connectivity index (χ0v) is 10.9. The second kappa shape index (κ2) is 6.12. The van der Waals surface area contributed by atoms with Crippen molar-refractivity contribution in [2.45, 2.75) is 19.8 Å². The standard InChI is InChI=1S/C14H22N2O/c1-12-4-3-5-14(15-12)6-8-16(2)10-13-7-9-17-11-13/h3-5,13H,6-11H2,1-2H3/t13-/m1/s1. The molecular weight excluding hydrogens is 212 g/mol. The molecule has 2 heterocycles. The molecule has 1 atom stereocenters. The van der Waals surface area contributed by atoms with Gasteiger partial charge >= 0.3 is 0 Å². The second-order valence-electron chi connectivity index (χ2n) is 5.01. The van der Waals surface area contributed by atoms with Gasteiger partial charge in [0.25, 0.3) is 0 Å². The van der Waals surface area contributed by atoms with Gasteiger partial charge in [0.05, 0.1) is 6.61 Å². The van der Waals surface area contributed by atoms with Crippen molar-refractivity contribution in [2.75, 3.05) is 33.4 Å². The van der Waals surface area contributed by atoms with Crippen LogP contribution in [-0.4, -0.2) is 43.2 Å². The lowest BCUT2D eigenvalue weighted by molar-refractivity contribution is 0.174. The molecule has 94 valence electrons. The summed E-state index contributed by atoms with van der Waals surface area (Å²) in [5, 5.41) is 0. The average Bonchev–Trinajstić information content (AvgIpc) is 2.79. The molecule has 1 aliphatic rings. The van der Waals surface area contributed by atoms with Gasteiger partial charge in [-0.1, -0.05) is 6.07 Å². The summed E-state index contributed by atoms with van der Waals surface area (Å²) in [6.45, 7) is 6.15. The van der Waals surface area contributed by atoms with Crippen LogP contribution in [0.5, 0.6) is 0 Å². The number of aryl methyl sites for hydroxylation is 1. The van der Waals surface area contributed by atoms with Gasteiger partial charge in [0.1, 0.15) is 0 Å². The Labute approximate surface area is 104 Å². The fourth-order valence-electron chi connectivity index (χ4n) is 2.30. The molecule has 17 heavy (non-hydrogen) atoms. The van der Waals surface area contributed by atoms with Gasteiger partial charge in [-0.2, -0.15) is 0 Å². The van der Waals surface area contributed by atoms with E-state index in [0.717, 1.165) is 44.3 Å². The van der Waals surface area contributed by atoms with Crippen LogP contribution in [-0.2, 0) is 11.2 Å². The fraction of sp³-hybridized carbons (Fsp3) is 0.643. The molecule has 0 N–H and O–H groups in total. The van der Waals surface area contributed by atoms with E-state index in [1.54, 1.807) is 0 Å². The number of ether oxygens (including phenoxy) is 1. The number of likely N-dealkylation sites (N-methyl/N-ethyl adjacent to an activating group) is 1. The lowest BCUT2D eigenvalue weighted by Gasteiger charge is -2.19. The average molecular weight is 234 g/mol. The van der Waals surface area contributed by atoms with E-state index in [4.69, 9.17) is 4.74 Å². The first kappa shape index (κ1) is 12.5. The molecule has 3 heteroatoms. The highest BCUT2D eigenvalue weighted by molar-refractivity contribution is 5.10. The Hall–Kier alpha value is -0.930. The molecule has 2 rings (SSSR count). The summed E-state index contributed by atoms with van der Waals surface area (Å²) in [4.78, 5) is 6.92. The number of pyridine rings is 1. The van der Waals surface area contributed by atoms with Crippen LogP contribution in [0.4, 0.5) is 0 Å². The van der Waals surface area contributed by atoms with Crippen molar-refractivity contribution in [1.29, 1.82) is 0 Å². The van der Waals surface area contributed by atoms with Crippen LogP contribution in [0, 0.1) is 12.8 Å². The van der Waals surface area contributed by atoms with E-state index in [9.17, 15) is 0 Å². The van der Waals surface area contributed by atoms with Crippen LogP contribution in [0.25, 0.3) is 0 Å². The molecule has 0 bridgehead atoms. The van der Waals surface area contributed by atoms with Crippen LogP contribution in [0.15, 0.2) is 18.2 Å². The van der Waals surface area contributed by atoms with Gasteiger partial charge in [-0.25, -0.2) is 0 Å². The zero-order chi connectivity index (χ0) is 12.1. The molecule has 1 saturated heterocycles. The molecule has 0 radical (unpaired) electrons. The minimum atomic E-state index is 0.727. The number of aromatic nitrogens is 1. The van der Waals surface area contributed by atoms with E-state index in [1.807, 2.05) is 13.0 Å². The summed E-state index contributed by atoms with van der Waals surface area (Å²) in [7, 11) is 2.19. The minimum absolute atomic E-state index is 0.727. The third-order valence-corrected chi connectivity index (χ3v) is 3.29. The van der Waals surface area contributed by atoms with E-state index in [0.29, 0.717) is 0 Å². The molecule has 0 amide bonds. The topological polar surface area (TPSA) is 25.4 Å². The number of nitrogens with zero attached hydrogens (tertiary/aromatic N) is 2. The van der Waals surface area contributed by atoms with Crippen LogP contribution < -0.4 is 0 Å². The van der Waals surface area contributed by atoms with Crippen molar-refractivity contribution in [3.8, 4) is 0 Å². The first-order valence-corrected chi connectivity index (χ1v) is 6.43. The van der Waals surface area contributed by atoms with E-state index < -0.39 is 0 Å². The largest absolute Gasteiger partial charge is 0.381 e. The highest BCUT2D eigenvalue weighted by Gasteiger charge is 2.17. The summed E-state index contributed by atoms with van der Waals surface area (Å²) >= 11 is 0. The molecule has 0 saturated carbocycles. The Morgan fingerprint density at radius 3 is 3.06 bits per heavy atom. The first-order valence-electron chi connectivity index (χ1n) is 6.43. The summed E-state index contributed by atoms with van der Waals surface area (Å²) in [6.07, 6.45) is 2.25. The molecular formula is C14H22N2O. The quantitative estimate of drug-likeness (QED) is 0.778. The molecule has 1 fully saturated rings. The monoisotopic (exact) mass is 234 g/mol. The Morgan fingerprint density at radius 1 is 1.47 bits per heavy atom. The third-order valence-electron chi connectivity index (χ3n) is 3.29. The predicted octanol–water partition coefficient (Wildman–Crippen LogP) is 1.90. The van der Waals surface area contributed by atoms with Crippen molar-refractivity contribution in [3.05, 3.63) is 29.6 Å². The Morgan fingerprint density at radius 2 is 2.35 bits per heavy atom. The summed E-state index contributed by atoms with van der Waals surface area (Å²) in [5.74, 6) is 0.727. The van der Waals surface area contributed by atoms with Crippen LogP contribution >= 0.6 is 0 Å².